The van der Waals surface area contributed by atoms with Gasteiger partial charge in [-0.05, 0) is 6.42 Å². The van der Waals surface area contributed by atoms with Crippen LogP contribution in [0.5, 0.6) is 0 Å². The molecule has 0 aromatic carbocycles. The van der Waals surface area contributed by atoms with Crippen molar-refractivity contribution < 1.29 is 28.2 Å². The maximum atomic E-state index is 11.5. The number of carboxylic acid groups (broad SMARTS) is 1. The Balaban J connectivity index is 3.58. The molecule has 72 valence electrons. The van der Waals surface area contributed by atoms with Crippen molar-refractivity contribution in [1.82, 2.24) is 5.32 Å². The number of halogens is 3. The smallest absolute Gasteiger partial charge is 0.414 e. The number of aliphatic hydroxyl groups is 1. The second kappa shape index (κ2) is 4.15. The number of nitrogens with one attached hydrogen (secondary N) is 1. The monoisotopic (exact) mass is 187 g/mol. The van der Waals surface area contributed by atoms with Crippen molar-refractivity contribution in [3.63, 3.8) is 0 Å². The predicted octanol–water partition coefficient (Wildman–Crippen LogP) is 0.567. The standard InChI is InChI=1S/C5H8F3NO3/c6-5(7,8)3(10)1-2-9-4(11)12/h3,9-10H,1-2H2,(H,11,12). The lowest BCUT2D eigenvalue weighted by molar-refractivity contribution is -0.204. The third-order valence-corrected chi connectivity index (χ3v) is 1.07. The highest BCUT2D eigenvalue weighted by molar-refractivity contribution is 5.64. The summed E-state index contributed by atoms with van der Waals surface area (Å²) in [5, 5.41) is 18.0. The maximum Gasteiger partial charge on any atom is 0.414 e. The summed E-state index contributed by atoms with van der Waals surface area (Å²) in [6.07, 6.45) is -9.23. The van der Waals surface area contributed by atoms with Gasteiger partial charge in [0.15, 0.2) is 6.10 Å². The number of aliphatic hydroxyl groups excluding tert-OH is 1. The Kier molecular flexibility index (Phi) is 3.81. The SMILES string of the molecule is O=C(O)NCCC(O)C(F)(F)F. The summed E-state index contributed by atoms with van der Waals surface area (Å²) in [5.74, 6) is 0. The Morgan fingerprint density at radius 3 is 2.33 bits per heavy atom. The van der Waals surface area contributed by atoms with Crippen LogP contribution in [0, 0.1) is 0 Å². The second-order valence-electron chi connectivity index (χ2n) is 2.08. The number of alkyl halides is 3. The van der Waals surface area contributed by atoms with Crippen LogP contribution in [0.25, 0.3) is 0 Å². The fraction of sp³-hybridized carbons (Fsp3) is 0.800. The minimum Gasteiger partial charge on any atom is -0.465 e. The van der Waals surface area contributed by atoms with Gasteiger partial charge in [-0.25, -0.2) is 4.79 Å². The highest BCUT2D eigenvalue weighted by Crippen LogP contribution is 2.21. The van der Waals surface area contributed by atoms with Gasteiger partial charge in [-0.15, -0.1) is 0 Å². The van der Waals surface area contributed by atoms with Gasteiger partial charge < -0.3 is 15.5 Å². The van der Waals surface area contributed by atoms with Crippen LogP contribution in [0.2, 0.25) is 0 Å². The lowest BCUT2D eigenvalue weighted by Gasteiger charge is -2.13. The maximum absolute atomic E-state index is 11.5. The highest BCUT2D eigenvalue weighted by atomic mass is 19.4. The molecule has 1 unspecified atom stereocenters. The first-order chi connectivity index (χ1) is 5.34. The minimum absolute atomic E-state index is 0.421. The average Bonchev–Trinajstić information content (AvgIpc) is 1.84. The molecule has 4 nitrogen and oxygen atoms in total. The molecule has 3 N–H and O–H groups in total. The summed E-state index contributed by atoms with van der Waals surface area (Å²) in [5.41, 5.74) is 0. The van der Waals surface area contributed by atoms with Crippen LogP contribution in [0.15, 0.2) is 0 Å². The van der Waals surface area contributed by atoms with E-state index >= 15 is 0 Å². The fourth-order valence-corrected chi connectivity index (χ4v) is 0.479. The van der Waals surface area contributed by atoms with E-state index in [1.165, 1.54) is 0 Å². The third kappa shape index (κ3) is 4.78. The Labute approximate surface area is 66.0 Å². The summed E-state index contributed by atoms with van der Waals surface area (Å²) >= 11 is 0. The molecule has 7 heteroatoms. The van der Waals surface area contributed by atoms with Gasteiger partial charge in [0.1, 0.15) is 0 Å². The van der Waals surface area contributed by atoms with E-state index in [9.17, 15) is 18.0 Å². The van der Waals surface area contributed by atoms with Crippen LogP contribution in [-0.4, -0.2) is 35.1 Å². The van der Waals surface area contributed by atoms with Crippen LogP contribution < -0.4 is 5.32 Å². The number of carbonyl (C=O) groups is 1. The summed E-state index contributed by atoms with van der Waals surface area (Å²) < 4.78 is 34.6. The molecule has 0 spiro atoms. The first-order valence-corrected chi connectivity index (χ1v) is 3.05. The van der Waals surface area contributed by atoms with Gasteiger partial charge in [-0.3, -0.25) is 0 Å². The van der Waals surface area contributed by atoms with Gasteiger partial charge in [0.05, 0.1) is 0 Å². The molecular formula is C5H8F3NO3. The quantitative estimate of drug-likeness (QED) is 0.604. The van der Waals surface area contributed by atoms with Crippen LogP contribution in [0.4, 0.5) is 18.0 Å². The van der Waals surface area contributed by atoms with Crippen molar-refractivity contribution in [3.8, 4) is 0 Å². The largest absolute Gasteiger partial charge is 0.465 e. The van der Waals surface area contributed by atoms with Crippen molar-refractivity contribution in [2.75, 3.05) is 6.54 Å². The number of rotatable bonds is 3. The number of hydrogen-bond acceptors (Lipinski definition) is 2. The Hall–Kier alpha value is -0.980. The van der Waals surface area contributed by atoms with Crippen LogP contribution in [-0.2, 0) is 0 Å². The molecule has 0 saturated carbocycles. The van der Waals surface area contributed by atoms with Crippen molar-refractivity contribution in [1.29, 1.82) is 0 Å². The van der Waals surface area contributed by atoms with E-state index < -0.39 is 31.3 Å². The van der Waals surface area contributed by atoms with E-state index in [-0.39, 0.29) is 0 Å². The van der Waals surface area contributed by atoms with E-state index in [0.717, 1.165) is 0 Å². The van der Waals surface area contributed by atoms with Crippen molar-refractivity contribution in [2.24, 2.45) is 0 Å². The summed E-state index contributed by atoms with van der Waals surface area (Å²) in [6, 6.07) is 0. The lowest BCUT2D eigenvalue weighted by atomic mass is 10.2. The first kappa shape index (κ1) is 11.0. The summed E-state index contributed by atoms with van der Waals surface area (Å²) in [6.45, 7) is -0.421. The van der Waals surface area contributed by atoms with E-state index in [1.54, 1.807) is 5.32 Å². The molecule has 0 heterocycles. The normalized spacial score (nSPS) is 14.0. The molecule has 12 heavy (non-hydrogen) atoms. The predicted molar refractivity (Wildman–Crippen MR) is 32.7 cm³/mol. The Morgan fingerprint density at radius 1 is 1.50 bits per heavy atom. The molecule has 0 aliphatic heterocycles. The molecule has 0 rings (SSSR count). The zero-order valence-electron chi connectivity index (χ0n) is 5.93. The highest BCUT2D eigenvalue weighted by Gasteiger charge is 2.37. The Bertz CT molecular complexity index is 159. The van der Waals surface area contributed by atoms with E-state index in [1.807, 2.05) is 0 Å². The molecular weight excluding hydrogens is 179 g/mol. The summed E-state index contributed by atoms with van der Waals surface area (Å²) in [4.78, 5) is 9.76. The number of amides is 1. The van der Waals surface area contributed by atoms with Gasteiger partial charge in [0, 0.05) is 6.54 Å². The average molecular weight is 187 g/mol. The van der Waals surface area contributed by atoms with Crippen LogP contribution in [0.3, 0.4) is 0 Å². The Morgan fingerprint density at radius 2 is 2.00 bits per heavy atom. The van der Waals surface area contributed by atoms with Gasteiger partial charge in [0.2, 0.25) is 0 Å². The number of hydrogen-bond donors (Lipinski definition) is 3. The van der Waals surface area contributed by atoms with Gasteiger partial charge >= 0.3 is 12.3 Å². The molecule has 1 atom stereocenters. The molecule has 0 aromatic rings. The van der Waals surface area contributed by atoms with Gasteiger partial charge in [-0.2, -0.15) is 13.2 Å². The molecule has 0 radical (unpaired) electrons. The second-order valence-corrected chi connectivity index (χ2v) is 2.08. The van der Waals surface area contributed by atoms with E-state index in [2.05, 4.69) is 0 Å². The first-order valence-electron chi connectivity index (χ1n) is 3.05. The van der Waals surface area contributed by atoms with Crippen molar-refractivity contribution >= 4 is 6.09 Å². The minimum atomic E-state index is -4.68. The van der Waals surface area contributed by atoms with Crippen LogP contribution in [0.1, 0.15) is 6.42 Å². The molecule has 0 aliphatic rings. The molecule has 0 aliphatic carbocycles. The lowest BCUT2D eigenvalue weighted by Crippen LogP contribution is -2.33. The molecule has 0 bridgehead atoms. The summed E-state index contributed by atoms with van der Waals surface area (Å²) in [7, 11) is 0. The molecule has 1 amide bonds. The van der Waals surface area contributed by atoms with Gasteiger partial charge in [-0.1, -0.05) is 0 Å². The molecule has 0 fully saturated rings. The fourth-order valence-electron chi connectivity index (χ4n) is 0.479. The van der Waals surface area contributed by atoms with Gasteiger partial charge in [0.25, 0.3) is 0 Å². The van der Waals surface area contributed by atoms with Crippen molar-refractivity contribution in [2.45, 2.75) is 18.7 Å². The van der Waals surface area contributed by atoms with Crippen LogP contribution >= 0.6 is 0 Å². The third-order valence-electron chi connectivity index (χ3n) is 1.07. The molecule has 0 aromatic heterocycles. The van der Waals surface area contributed by atoms with E-state index in [0.29, 0.717) is 0 Å². The zero-order chi connectivity index (χ0) is 9.78. The zero-order valence-corrected chi connectivity index (χ0v) is 5.93. The molecule has 0 saturated heterocycles. The van der Waals surface area contributed by atoms with Crippen molar-refractivity contribution in [3.05, 3.63) is 0 Å². The van der Waals surface area contributed by atoms with E-state index in [4.69, 9.17) is 10.2 Å². The topological polar surface area (TPSA) is 69.6 Å².